The van der Waals surface area contributed by atoms with Gasteiger partial charge in [-0.15, -0.1) is 0 Å². The minimum absolute atomic E-state index is 0.0525. The van der Waals surface area contributed by atoms with Gasteiger partial charge >= 0.3 is 0 Å². The number of imidazole rings is 1. The van der Waals surface area contributed by atoms with Crippen molar-refractivity contribution in [3.05, 3.63) is 34.1 Å². The third-order valence-electron chi connectivity index (χ3n) is 2.77. The highest BCUT2D eigenvalue weighted by Crippen LogP contribution is 2.22. The normalized spacial score (nSPS) is 11.1. The molecule has 0 aliphatic rings. The number of aliphatic hydroxyl groups is 1. The first-order chi connectivity index (χ1) is 8.17. The molecule has 0 unspecified atom stereocenters. The van der Waals surface area contributed by atoms with E-state index in [1.807, 2.05) is 22.5 Å². The van der Waals surface area contributed by atoms with Gasteiger partial charge in [-0.05, 0) is 22.4 Å². The molecule has 0 amide bonds. The number of halogens is 1. The first-order valence-corrected chi connectivity index (χ1v) is 6.27. The summed E-state index contributed by atoms with van der Waals surface area (Å²) in [6.07, 6.45) is 4.44. The van der Waals surface area contributed by atoms with Crippen molar-refractivity contribution in [1.29, 1.82) is 0 Å². The Hall–Kier alpha value is -1.14. The predicted molar refractivity (Wildman–Crippen MR) is 67.5 cm³/mol. The van der Waals surface area contributed by atoms with Crippen molar-refractivity contribution in [3.8, 4) is 0 Å². The van der Waals surface area contributed by atoms with Crippen LogP contribution in [0, 0.1) is 0 Å². The third kappa shape index (κ3) is 2.28. The quantitative estimate of drug-likeness (QED) is 0.930. The first-order valence-electron chi connectivity index (χ1n) is 5.48. The van der Waals surface area contributed by atoms with Crippen molar-refractivity contribution in [3.63, 3.8) is 0 Å². The average molecular weight is 299 g/mol. The second-order valence-corrected chi connectivity index (χ2v) is 4.61. The van der Waals surface area contributed by atoms with E-state index in [1.54, 1.807) is 6.20 Å². The fourth-order valence-corrected chi connectivity index (χ4v) is 2.53. The van der Waals surface area contributed by atoms with E-state index in [4.69, 9.17) is 5.11 Å². The Morgan fingerprint density at radius 3 is 2.82 bits per heavy atom. The molecule has 2 aromatic rings. The molecule has 2 aromatic heterocycles. The van der Waals surface area contributed by atoms with Crippen LogP contribution in [-0.2, 0) is 26.6 Å². The molecule has 5 nitrogen and oxygen atoms in total. The fourth-order valence-electron chi connectivity index (χ4n) is 1.79. The largest absolute Gasteiger partial charge is 0.388 e. The lowest BCUT2D eigenvalue weighted by atomic mass is 10.3. The Labute approximate surface area is 108 Å². The summed E-state index contributed by atoms with van der Waals surface area (Å²) in [5.74, 6) is 0.663. The molecule has 17 heavy (non-hydrogen) atoms. The number of aromatic nitrogens is 4. The maximum absolute atomic E-state index is 9.16. The van der Waals surface area contributed by atoms with Gasteiger partial charge in [0.2, 0.25) is 0 Å². The molecule has 1 N–H and O–H groups in total. The highest BCUT2D eigenvalue weighted by Gasteiger charge is 2.13. The molecule has 0 atom stereocenters. The molecule has 0 aliphatic heterocycles. The van der Waals surface area contributed by atoms with Crippen LogP contribution in [0.1, 0.15) is 24.1 Å². The number of hydrogen-bond acceptors (Lipinski definition) is 3. The molecule has 0 saturated heterocycles. The molecule has 0 aromatic carbocycles. The maximum atomic E-state index is 9.16. The predicted octanol–water partition coefficient (Wildman–Crippen LogP) is 1.48. The van der Waals surface area contributed by atoms with Gasteiger partial charge in [0.1, 0.15) is 12.4 Å². The monoisotopic (exact) mass is 298 g/mol. The Kier molecular flexibility index (Phi) is 3.63. The van der Waals surface area contributed by atoms with E-state index in [0.29, 0.717) is 12.4 Å². The lowest BCUT2D eigenvalue weighted by Gasteiger charge is -2.07. The summed E-state index contributed by atoms with van der Waals surface area (Å²) in [7, 11) is 1.93. The van der Waals surface area contributed by atoms with Crippen molar-refractivity contribution in [2.45, 2.75) is 26.5 Å². The molecular formula is C11H15BrN4O. The van der Waals surface area contributed by atoms with E-state index >= 15 is 0 Å². The smallest absolute Gasteiger partial charge is 0.134 e. The van der Waals surface area contributed by atoms with Crippen LogP contribution < -0.4 is 0 Å². The summed E-state index contributed by atoms with van der Waals surface area (Å²) in [5.41, 5.74) is 2.13. The van der Waals surface area contributed by atoms with Gasteiger partial charge in [0.15, 0.2) is 0 Å². The van der Waals surface area contributed by atoms with E-state index in [1.165, 1.54) is 0 Å². The van der Waals surface area contributed by atoms with Crippen molar-refractivity contribution in [2.75, 3.05) is 0 Å². The standard InChI is InChI=1S/C11H15BrN4O/c1-3-8-11(12)9(15(2)14-8)6-16-5-4-13-10(16)7-17/h4-5,17H,3,6-7H2,1-2H3. The highest BCUT2D eigenvalue weighted by molar-refractivity contribution is 9.10. The van der Waals surface area contributed by atoms with Gasteiger partial charge in [-0.3, -0.25) is 4.68 Å². The second-order valence-electron chi connectivity index (χ2n) is 3.81. The van der Waals surface area contributed by atoms with E-state index in [-0.39, 0.29) is 6.61 Å². The summed E-state index contributed by atoms with van der Waals surface area (Å²) in [6.45, 7) is 2.68. The number of rotatable bonds is 4. The molecule has 92 valence electrons. The lowest BCUT2D eigenvalue weighted by Crippen LogP contribution is -2.08. The van der Waals surface area contributed by atoms with Crippen LogP contribution in [0.3, 0.4) is 0 Å². The van der Waals surface area contributed by atoms with Crippen molar-refractivity contribution in [1.82, 2.24) is 19.3 Å². The molecule has 0 aliphatic carbocycles. The van der Waals surface area contributed by atoms with Crippen LogP contribution in [0.25, 0.3) is 0 Å². The molecular weight excluding hydrogens is 284 g/mol. The van der Waals surface area contributed by atoms with Gasteiger partial charge in [-0.2, -0.15) is 5.10 Å². The summed E-state index contributed by atoms with van der Waals surface area (Å²) >= 11 is 3.57. The van der Waals surface area contributed by atoms with Crippen LogP contribution >= 0.6 is 15.9 Å². The Bertz CT molecular complexity index is 518. The molecule has 0 saturated carbocycles. The van der Waals surface area contributed by atoms with Crippen LogP contribution in [0.5, 0.6) is 0 Å². The Balaban J connectivity index is 2.33. The summed E-state index contributed by atoms with van der Waals surface area (Å²) in [5, 5.41) is 13.6. The summed E-state index contributed by atoms with van der Waals surface area (Å²) in [6, 6.07) is 0. The zero-order valence-electron chi connectivity index (χ0n) is 9.89. The van der Waals surface area contributed by atoms with Crippen molar-refractivity contribution in [2.24, 2.45) is 7.05 Å². The SMILES string of the molecule is CCc1nn(C)c(Cn2ccnc2CO)c1Br. The van der Waals surface area contributed by atoms with E-state index in [2.05, 4.69) is 32.9 Å². The zero-order valence-corrected chi connectivity index (χ0v) is 11.5. The van der Waals surface area contributed by atoms with Crippen molar-refractivity contribution < 1.29 is 5.11 Å². The molecule has 0 radical (unpaired) electrons. The van der Waals surface area contributed by atoms with Gasteiger partial charge < -0.3 is 9.67 Å². The van der Waals surface area contributed by atoms with Crippen LogP contribution in [0.15, 0.2) is 16.9 Å². The number of hydrogen-bond donors (Lipinski definition) is 1. The maximum Gasteiger partial charge on any atom is 0.134 e. The second kappa shape index (κ2) is 5.01. The zero-order chi connectivity index (χ0) is 12.4. The fraction of sp³-hybridized carbons (Fsp3) is 0.455. The molecule has 0 bridgehead atoms. The lowest BCUT2D eigenvalue weighted by molar-refractivity contribution is 0.266. The number of aliphatic hydroxyl groups excluding tert-OH is 1. The Morgan fingerprint density at radius 1 is 1.47 bits per heavy atom. The summed E-state index contributed by atoms with van der Waals surface area (Å²) in [4.78, 5) is 4.09. The van der Waals surface area contributed by atoms with Gasteiger partial charge in [0, 0.05) is 19.4 Å². The van der Waals surface area contributed by atoms with Crippen LogP contribution in [0.4, 0.5) is 0 Å². The molecule has 2 heterocycles. The van der Waals surface area contributed by atoms with Crippen molar-refractivity contribution >= 4 is 15.9 Å². The van der Waals surface area contributed by atoms with E-state index < -0.39 is 0 Å². The highest BCUT2D eigenvalue weighted by atomic mass is 79.9. The molecule has 0 fully saturated rings. The van der Waals surface area contributed by atoms with Crippen LogP contribution in [-0.4, -0.2) is 24.4 Å². The number of nitrogens with zero attached hydrogens (tertiary/aromatic N) is 4. The average Bonchev–Trinajstić information content (AvgIpc) is 2.88. The molecule has 6 heteroatoms. The molecule has 2 rings (SSSR count). The Morgan fingerprint density at radius 2 is 2.24 bits per heavy atom. The van der Waals surface area contributed by atoms with Gasteiger partial charge in [0.25, 0.3) is 0 Å². The van der Waals surface area contributed by atoms with Gasteiger partial charge in [0.05, 0.1) is 22.4 Å². The van der Waals surface area contributed by atoms with E-state index in [9.17, 15) is 0 Å². The van der Waals surface area contributed by atoms with E-state index in [0.717, 1.165) is 22.3 Å². The summed E-state index contributed by atoms with van der Waals surface area (Å²) < 4.78 is 4.82. The van der Waals surface area contributed by atoms with Crippen LogP contribution in [0.2, 0.25) is 0 Å². The number of aryl methyl sites for hydroxylation is 2. The van der Waals surface area contributed by atoms with Gasteiger partial charge in [-0.1, -0.05) is 6.92 Å². The third-order valence-corrected chi connectivity index (χ3v) is 3.68. The minimum atomic E-state index is -0.0525. The molecule has 0 spiro atoms. The van der Waals surface area contributed by atoms with Gasteiger partial charge in [-0.25, -0.2) is 4.98 Å². The topological polar surface area (TPSA) is 55.9 Å². The minimum Gasteiger partial charge on any atom is -0.388 e. The first kappa shape index (κ1) is 12.3.